The molecule has 0 radical (unpaired) electrons. The molecule has 8 heteroatoms. The molecule has 0 aliphatic carbocycles. The predicted octanol–water partition coefficient (Wildman–Crippen LogP) is 3.88. The lowest BCUT2D eigenvalue weighted by Gasteiger charge is -2.14. The van der Waals surface area contributed by atoms with E-state index in [1.165, 1.54) is 12.1 Å². The summed E-state index contributed by atoms with van der Waals surface area (Å²) in [6.07, 6.45) is -4.90. The molecule has 0 saturated carbocycles. The van der Waals surface area contributed by atoms with E-state index in [1.54, 1.807) is 6.07 Å². The van der Waals surface area contributed by atoms with E-state index in [-0.39, 0.29) is 24.3 Å². The summed E-state index contributed by atoms with van der Waals surface area (Å²) >= 11 is 0. The Bertz CT molecular complexity index is 843. The zero-order valence-electron chi connectivity index (χ0n) is 13.2. The van der Waals surface area contributed by atoms with Crippen LogP contribution in [0.4, 0.5) is 13.2 Å². The van der Waals surface area contributed by atoms with Crippen molar-refractivity contribution in [2.24, 2.45) is 0 Å². The van der Waals surface area contributed by atoms with Crippen LogP contribution >= 0.6 is 0 Å². The average Bonchev–Trinajstić information content (AvgIpc) is 3.06. The number of carboxylic acid groups (broad SMARTS) is 1. The number of hydrogen-bond acceptors (Lipinski definition) is 4. The number of alkyl halides is 3. The van der Waals surface area contributed by atoms with Gasteiger partial charge in [-0.2, -0.15) is 13.2 Å². The molecular formula is C18H13F3O5. The predicted molar refractivity (Wildman–Crippen MR) is 83.3 cm³/mol. The molecule has 0 fully saturated rings. The molecule has 0 saturated heterocycles. The molecule has 0 aromatic heterocycles. The van der Waals surface area contributed by atoms with Gasteiger partial charge in [0.05, 0.1) is 11.5 Å². The summed E-state index contributed by atoms with van der Waals surface area (Å²) < 4.78 is 48.2. The van der Waals surface area contributed by atoms with Crippen molar-refractivity contribution in [3.05, 3.63) is 59.2 Å². The Labute approximate surface area is 146 Å². The van der Waals surface area contributed by atoms with E-state index in [0.29, 0.717) is 11.5 Å². The lowest BCUT2D eigenvalue weighted by molar-refractivity contribution is -0.138. The summed E-state index contributed by atoms with van der Waals surface area (Å²) in [6.45, 7) is 0.0380. The standard InChI is InChI=1S/C18H13F3O5/c19-18(20,21)12-4-1-10(2-5-12)13(17(23)24)8-14(22)11-3-6-15-16(7-11)26-9-25-15/h1-7,13H,8-9H2,(H,23,24). The number of hydrogen-bond donors (Lipinski definition) is 1. The van der Waals surface area contributed by atoms with E-state index >= 15 is 0 Å². The van der Waals surface area contributed by atoms with Crippen LogP contribution in [0.1, 0.15) is 33.8 Å². The van der Waals surface area contributed by atoms with Gasteiger partial charge in [0.2, 0.25) is 6.79 Å². The highest BCUT2D eigenvalue weighted by molar-refractivity contribution is 5.99. The van der Waals surface area contributed by atoms with Crippen molar-refractivity contribution in [3.8, 4) is 11.5 Å². The van der Waals surface area contributed by atoms with Gasteiger partial charge in [-0.1, -0.05) is 12.1 Å². The zero-order valence-corrected chi connectivity index (χ0v) is 13.2. The summed E-state index contributed by atoms with van der Waals surface area (Å²) in [6, 6.07) is 8.25. The van der Waals surface area contributed by atoms with E-state index in [1.807, 2.05) is 0 Å². The normalized spacial score (nSPS) is 14.1. The minimum absolute atomic E-state index is 0.0380. The second kappa shape index (κ2) is 6.70. The number of carbonyl (C=O) groups excluding carboxylic acids is 1. The molecule has 1 aliphatic heterocycles. The summed E-state index contributed by atoms with van der Waals surface area (Å²) in [5.74, 6) is -2.14. The topological polar surface area (TPSA) is 72.8 Å². The number of carbonyl (C=O) groups is 2. The fraction of sp³-hybridized carbons (Fsp3) is 0.222. The van der Waals surface area contributed by atoms with Crippen LogP contribution in [0.3, 0.4) is 0 Å². The Morgan fingerprint density at radius 1 is 1.04 bits per heavy atom. The van der Waals surface area contributed by atoms with Gasteiger partial charge in [-0.25, -0.2) is 0 Å². The third-order valence-electron chi connectivity index (χ3n) is 4.02. The Balaban J connectivity index is 1.80. The van der Waals surface area contributed by atoms with E-state index in [0.717, 1.165) is 24.3 Å². The van der Waals surface area contributed by atoms with Gasteiger partial charge in [0.1, 0.15) is 0 Å². The van der Waals surface area contributed by atoms with Crippen molar-refractivity contribution < 1.29 is 37.3 Å². The van der Waals surface area contributed by atoms with Gasteiger partial charge in [0.15, 0.2) is 17.3 Å². The molecule has 136 valence electrons. The molecular weight excluding hydrogens is 353 g/mol. The number of aliphatic carboxylic acids is 1. The third kappa shape index (κ3) is 3.63. The van der Waals surface area contributed by atoms with Crippen molar-refractivity contribution in [3.63, 3.8) is 0 Å². The molecule has 1 heterocycles. The van der Waals surface area contributed by atoms with Crippen LogP contribution in [-0.2, 0) is 11.0 Å². The molecule has 1 unspecified atom stereocenters. The Morgan fingerprint density at radius 2 is 1.69 bits per heavy atom. The highest BCUT2D eigenvalue weighted by Crippen LogP contribution is 2.34. The highest BCUT2D eigenvalue weighted by atomic mass is 19.4. The van der Waals surface area contributed by atoms with Gasteiger partial charge in [-0.15, -0.1) is 0 Å². The Kier molecular flexibility index (Phi) is 4.58. The number of fused-ring (bicyclic) bond motifs is 1. The van der Waals surface area contributed by atoms with E-state index < -0.39 is 29.4 Å². The van der Waals surface area contributed by atoms with Crippen LogP contribution in [-0.4, -0.2) is 23.7 Å². The van der Waals surface area contributed by atoms with Gasteiger partial charge in [0.25, 0.3) is 0 Å². The summed E-state index contributed by atoms with van der Waals surface area (Å²) in [4.78, 5) is 23.9. The van der Waals surface area contributed by atoms with Crippen LogP contribution in [0.15, 0.2) is 42.5 Å². The van der Waals surface area contributed by atoms with E-state index in [2.05, 4.69) is 0 Å². The lowest BCUT2D eigenvalue weighted by atomic mass is 9.91. The second-order valence-corrected chi connectivity index (χ2v) is 5.71. The number of rotatable bonds is 5. The first-order chi connectivity index (χ1) is 12.3. The number of ether oxygens (including phenoxy) is 2. The van der Waals surface area contributed by atoms with Gasteiger partial charge >= 0.3 is 12.1 Å². The first-order valence-corrected chi connectivity index (χ1v) is 7.58. The number of halogens is 3. The number of benzene rings is 2. The maximum absolute atomic E-state index is 12.6. The first kappa shape index (κ1) is 17.8. The van der Waals surface area contributed by atoms with E-state index in [4.69, 9.17) is 9.47 Å². The number of carboxylic acids is 1. The quantitative estimate of drug-likeness (QED) is 0.813. The molecule has 0 spiro atoms. The molecule has 2 aromatic rings. The van der Waals surface area contributed by atoms with Crippen LogP contribution in [0.5, 0.6) is 11.5 Å². The second-order valence-electron chi connectivity index (χ2n) is 5.71. The smallest absolute Gasteiger partial charge is 0.416 e. The van der Waals surface area contributed by atoms with Crippen molar-refractivity contribution in [1.29, 1.82) is 0 Å². The van der Waals surface area contributed by atoms with Gasteiger partial charge in [-0.3, -0.25) is 9.59 Å². The lowest BCUT2D eigenvalue weighted by Crippen LogP contribution is -2.17. The molecule has 5 nitrogen and oxygen atoms in total. The molecule has 2 aromatic carbocycles. The first-order valence-electron chi connectivity index (χ1n) is 7.58. The van der Waals surface area contributed by atoms with Crippen LogP contribution < -0.4 is 9.47 Å². The van der Waals surface area contributed by atoms with Gasteiger partial charge in [0, 0.05) is 12.0 Å². The monoisotopic (exact) mass is 366 g/mol. The Hall–Kier alpha value is -3.03. The zero-order chi connectivity index (χ0) is 18.9. The molecule has 3 rings (SSSR count). The molecule has 1 aliphatic rings. The molecule has 1 atom stereocenters. The molecule has 0 amide bonds. The molecule has 0 bridgehead atoms. The average molecular weight is 366 g/mol. The van der Waals surface area contributed by atoms with Gasteiger partial charge in [-0.05, 0) is 35.9 Å². The molecule has 1 N–H and O–H groups in total. The summed E-state index contributed by atoms with van der Waals surface area (Å²) in [7, 11) is 0. The van der Waals surface area contributed by atoms with Crippen LogP contribution in [0, 0.1) is 0 Å². The van der Waals surface area contributed by atoms with Crippen molar-refractivity contribution in [2.75, 3.05) is 6.79 Å². The highest BCUT2D eigenvalue weighted by Gasteiger charge is 2.31. The molecule has 26 heavy (non-hydrogen) atoms. The SMILES string of the molecule is O=C(CC(C(=O)O)c1ccc(C(F)(F)F)cc1)c1ccc2c(c1)OCO2. The summed E-state index contributed by atoms with van der Waals surface area (Å²) in [5.41, 5.74) is -0.514. The van der Waals surface area contributed by atoms with Crippen LogP contribution in [0.2, 0.25) is 0 Å². The minimum Gasteiger partial charge on any atom is -0.481 e. The van der Waals surface area contributed by atoms with Crippen molar-refractivity contribution in [1.82, 2.24) is 0 Å². The van der Waals surface area contributed by atoms with Gasteiger partial charge < -0.3 is 14.6 Å². The van der Waals surface area contributed by atoms with Crippen molar-refractivity contribution >= 4 is 11.8 Å². The van der Waals surface area contributed by atoms with Crippen LogP contribution in [0.25, 0.3) is 0 Å². The third-order valence-corrected chi connectivity index (χ3v) is 4.02. The number of ketones is 1. The van der Waals surface area contributed by atoms with E-state index in [9.17, 15) is 27.9 Å². The fourth-order valence-electron chi connectivity index (χ4n) is 2.63. The fourth-order valence-corrected chi connectivity index (χ4v) is 2.63. The largest absolute Gasteiger partial charge is 0.481 e. The maximum Gasteiger partial charge on any atom is 0.416 e. The van der Waals surface area contributed by atoms with Crippen molar-refractivity contribution in [2.45, 2.75) is 18.5 Å². The number of Topliss-reactive ketones (excluding diaryl/α,β-unsaturated/α-hetero) is 1. The maximum atomic E-state index is 12.6. The minimum atomic E-state index is -4.51. The summed E-state index contributed by atoms with van der Waals surface area (Å²) in [5, 5.41) is 9.39. The Morgan fingerprint density at radius 3 is 2.31 bits per heavy atom.